The first-order chi connectivity index (χ1) is 12.4. The van der Waals surface area contributed by atoms with Gasteiger partial charge in [-0.25, -0.2) is 9.37 Å². The molecule has 0 bridgehead atoms. The number of ketones is 1. The van der Waals surface area contributed by atoms with Crippen LogP contribution in [0.5, 0.6) is 0 Å². The van der Waals surface area contributed by atoms with Crippen LogP contribution < -0.4 is 9.80 Å². The summed E-state index contributed by atoms with van der Waals surface area (Å²) in [4.78, 5) is 21.2. The molecule has 0 atom stereocenters. The Bertz CT molecular complexity index is 827. The highest BCUT2D eigenvalue weighted by atomic mass is 19.1. The topological polar surface area (TPSA) is 36.4 Å². The first kappa shape index (κ1) is 17.0. The number of para-hydroxylation sites is 1. The summed E-state index contributed by atoms with van der Waals surface area (Å²) >= 11 is 0. The molecule has 0 N–H and O–H groups in total. The van der Waals surface area contributed by atoms with Crippen LogP contribution in [0.25, 0.3) is 0 Å². The Kier molecular flexibility index (Phi) is 4.17. The molecule has 4 rings (SSSR count). The summed E-state index contributed by atoms with van der Waals surface area (Å²) in [5.41, 5.74) is 2.29. The van der Waals surface area contributed by atoms with Gasteiger partial charge in [-0.05, 0) is 30.0 Å². The monoisotopic (exact) mass is 353 g/mol. The molecule has 1 aromatic heterocycles. The first-order valence-electron chi connectivity index (χ1n) is 9.20. The molecule has 2 aliphatic rings. The standard InChI is InChI=1S/C21H24FN3O/c1-21(2)13-18-16(19(26)14-21)12-17(22)20(23-18)25-10-8-24(9-11-25)15-6-4-3-5-7-15/h3-7,12H,8-11,13-14H2,1-2H3. The Labute approximate surface area is 153 Å². The van der Waals surface area contributed by atoms with E-state index in [2.05, 4.69) is 35.9 Å². The molecule has 1 aliphatic carbocycles. The smallest absolute Gasteiger partial charge is 0.166 e. The molecule has 4 nitrogen and oxygen atoms in total. The zero-order valence-corrected chi connectivity index (χ0v) is 15.3. The molecule has 0 saturated carbocycles. The number of carbonyl (C=O) groups is 1. The van der Waals surface area contributed by atoms with Gasteiger partial charge in [0.05, 0.1) is 5.69 Å². The molecule has 136 valence electrons. The van der Waals surface area contributed by atoms with E-state index >= 15 is 0 Å². The van der Waals surface area contributed by atoms with E-state index in [9.17, 15) is 9.18 Å². The molecule has 26 heavy (non-hydrogen) atoms. The Hall–Kier alpha value is -2.43. The lowest BCUT2D eigenvalue weighted by molar-refractivity contribution is 0.0909. The summed E-state index contributed by atoms with van der Waals surface area (Å²) in [5, 5.41) is 0. The molecule has 0 amide bonds. The Balaban J connectivity index is 1.55. The SMILES string of the molecule is CC1(C)CC(=O)c2cc(F)c(N3CCN(c4ccccc4)CC3)nc2C1. The minimum Gasteiger partial charge on any atom is -0.368 e. The van der Waals surface area contributed by atoms with Crippen LogP contribution in [0.3, 0.4) is 0 Å². The molecule has 0 unspecified atom stereocenters. The van der Waals surface area contributed by atoms with Gasteiger partial charge in [-0.15, -0.1) is 0 Å². The van der Waals surface area contributed by atoms with Gasteiger partial charge in [0.1, 0.15) is 0 Å². The van der Waals surface area contributed by atoms with Gasteiger partial charge in [-0.1, -0.05) is 32.0 Å². The fourth-order valence-electron chi connectivity index (χ4n) is 3.97. The van der Waals surface area contributed by atoms with Crippen molar-refractivity contribution in [3.8, 4) is 0 Å². The van der Waals surface area contributed by atoms with Gasteiger partial charge < -0.3 is 9.80 Å². The first-order valence-corrected chi connectivity index (χ1v) is 9.20. The molecule has 2 aromatic rings. The lowest BCUT2D eigenvalue weighted by atomic mass is 9.75. The molecular weight excluding hydrogens is 329 g/mol. The quantitative estimate of drug-likeness (QED) is 0.825. The summed E-state index contributed by atoms with van der Waals surface area (Å²) in [7, 11) is 0. The number of hydrogen-bond donors (Lipinski definition) is 0. The molecule has 0 spiro atoms. The van der Waals surface area contributed by atoms with Crippen LogP contribution in [0.4, 0.5) is 15.9 Å². The number of aromatic nitrogens is 1. The van der Waals surface area contributed by atoms with E-state index < -0.39 is 0 Å². The zero-order chi connectivity index (χ0) is 18.3. The fourth-order valence-corrected chi connectivity index (χ4v) is 3.97. The number of pyridine rings is 1. The van der Waals surface area contributed by atoms with Crippen LogP contribution in [0, 0.1) is 11.2 Å². The second-order valence-electron chi connectivity index (χ2n) is 8.04. The number of anilines is 2. The van der Waals surface area contributed by atoms with Gasteiger partial charge in [0.2, 0.25) is 0 Å². The van der Waals surface area contributed by atoms with Gasteiger partial charge in [0.15, 0.2) is 17.4 Å². The van der Waals surface area contributed by atoms with Gasteiger partial charge in [0, 0.05) is 43.9 Å². The van der Waals surface area contributed by atoms with Crippen molar-refractivity contribution in [2.45, 2.75) is 26.7 Å². The van der Waals surface area contributed by atoms with E-state index in [0.29, 0.717) is 24.2 Å². The van der Waals surface area contributed by atoms with Crippen molar-refractivity contribution < 1.29 is 9.18 Å². The second kappa shape index (κ2) is 6.38. The number of rotatable bonds is 2. The highest BCUT2D eigenvalue weighted by Crippen LogP contribution is 2.35. The molecule has 1 fully saturated rings. The highest BCUT2D eigenvalue weighted by Gasteiger charge is 2.33. The van der Waals surface area contributed by atoms with E-state index in [4.69, 9.17) is 0 Å². The number of Topliss-reactive ketones (excluding diaryl/α,β-unsaturated/α-hetero) is 1. The van der Waals surface area contributed by atoms with Crippen LogP contribution >= 0.6 is 0 Å². The molecule has 1 aliphatic heterocycles. The third-order valence-electron chi connectivity index (χ3n) is 5.32. The number of piperazine rings is 1. The zero-order valence-electron chi connectivity index (χ0n) is 15.3. The van der Waals surface area contributed by atoms with E-state index in [1.165, 1.54) is 11.8 Å². The van der Waals surface area contributed by atoms with E-state index in [1.54, 1.807) is 0 Å². The van der Waals surface area contributed by atoms with Crippen LogP contribution in [-0.2, 0) is 6.42 Å². The normalized spacial score (nSPS) is 19.4. The Morgan fingerprint density at radius 2 is 1.65 bits per heavy atom. The maximum absolute atomic E-state index is 14.7. The minimum absolute atomic E-state index is 0.00287. The third-order valence-corrected chi connectivity index (χ3v) is 5.32. The maximum atomic E-state index is 14.7. The summed E-state index contributed by atoms with van der Waals surface area (Å²) in [6, 6.07) is 11.7. The highest BCUT2D eigenvalue weighted by molar-refractivity contribution is 5.98. The number of fused-ring (bicyclic) bond motifs is 1. The predicted molar refractivity (Wildman–Crippen MR) is 101 cm³/mol. The lowest BCUT2D eigenvalue weighted by Gasteiger charge is -2.37. The van der Waals surface area contributed by atoms with Crippen molar-refractivity contribution >= 4 is 17.3 Å². The molecule has 2 heterocycles. The van der Waals surface area contributed by atoms with E-state index in [1.807, 2.05) is 23.1 Å². The number of benzene rings is 1. The van der Waals surface area contributed by atoms with Crippen molar-refractivity contribution in [1.29, 1.82) is 0 Å². The van der Waals surface area contributed by atoms with Gasteiger partial charge in [0.25, 0.3) is 0 Å². The third kappa shape index (κ3) is 3.18. The lowest BCUT2D eigenvalue weighted by Crippen LogP contribution is -2.47. The van der Waals surface area contributed by atoms with Gasteiger partial charge >= 0.3 is 0 Å². The number of hydrogen-bond acceptors (Lipinski definition) is 4. The Morgan fingerprint density at radius 3 is 2.35 bits per heavy atom. The summed E-state index contributed by atoms with van der Waals surface area (Å²) in [6.45, 7) is 7.22. The van der Waals surface area contributed by atoms with Crippen LogP contribution in [0.2, 0.25) is 0 Å². The van der Waals surface area contributed by atoms with Gasteiger partial charge in [-0.2, -0.15) is 0 Å². The predicted octanol–water partition coefficient (Wildman–Crippen LogP) is 3.70. The van der Waals surface area contributed by atoms with Crippen molar-refractivity contribution in [2.24, 2.45) is 5.41 Å². The van der Waals surface area contributed by atoms with Crippen LogP contribution in [-0.4, -0.2) is 36.9 Å². The minimum atomic E-state index is -0.384. The summed E-state index contributed by atoms with van der Waals surface area (Å²) in [6.07, 6.45) is 1.17. The van der Waals surface area contributed by atoms with Crippen molar-refractivity contribution in [1.82, 2.24) is 4.98 Å². The molecular formula is C21H24FN3O. The summed E-state index contributed by atoms with van der Waals surface area (Å²) in [5.74, 6) is 0.00928. The van der Waals surface area contributed by atoms with E-state index in [-0.39, 0.29) is 17.0 Å². The van der Waals surface area contributed by atoms with Gasteiger partial charge in [-0.3, -0.25) is 4.79 Å². The van der Waals surface area contributed by atoms with Crippen molar-refractivity contribution in [3.05, 3.63) is 53.5 Å². The molecule has 5 heteroatoms. The molecule has 1 saturated heterocycles. The second-order valence-corrected chi connectivity index (χ2v) is 8.04. The fraction of sp³-hybridized carbons (Fsp3) is 0.429. The largest absolute Gasteiger partial charge is 0.368 e. The number of nitrogens with zero attached hydrogens (tertiary/aromatic N) is 3. The molecule has 1 aromatic carbocycles. The average molecular weight is 353 g/mol. The van der Waals surface area contributed by atoms with Crippen molar-refractivity contribution in [3.63, 3.8) is 0 Å². The summed E-state index contributed by atoms with van der Waals surface area (Å²) < 4.78 is 14.7. The number of halogens is 1. The Morgan fingerprint density at radius 1 is 1.00 bits per heavy atom. The maximum Gasteiger partial charge on any atom is 0.166 e. The van der Waals surface area contributed by atoms with Crippen molar-refractivity contribution in [2.75, 3.05) is 36.0 Å². The van der Waals surface area contributed by atoms with E-state index in [0.717, 1.165) is 31.9 Å². The van der Waals surface area contributed by atoms with Crippen LogP contribution in [0.1, 0.15) is 36.3 Å². The number of carbonyl (C=O) groups excluding carboxylic acids is 1. The van der Waals surface area contributed by atoms with Crippen LogP contribution in [0.15, 0.2) is 36.4 Å². The molecule has 0 radical (unpaired) electrons. The average Bonchev–Trinajstić information content (AvgIpc) is 2.62.